The monoisotopic (exact) mass is 252 g/mol. The number of nitrogens with one attached hydrogen (secondary N) is 1. The summed E-state index contributed by atoms with van der Waals surface area (Å²) < 4.78 is 38.1. The van der Waals surface area contributed by atoms with Crippen LogP contribution >= 0.6 is 0 Å². The number of nitrogens with zero attached hydrogens (tertiary/aromatic N) is 1. The van der Waals surface area contributed by atoms with Crippen molar-refractivity contribution in [1.82, 2.24) is 10.2 Å². The highest BCUT2D eigenvalue weighted by Gasteiger charge is 2.46. The van der Waals surface area contributed by atoms with Gasteiger partial charge in [0.05, 0.1) is 5.92 Å². The number of hydrogen-bond acceptors (Lipinski definition) is 2. The van der Waals surface area contributed by atoms with Crippen LogP contribution < -0.4 is 5.32 Å². The minimum Gasteiger partial charge on any atom is -0.312 e. The van der Waals surface area contributed by atoms with Gasteiger partial charge in [-0.3, -0.25) is 0 Å². The first-order valence-electron chi connectivity index (χ1n) is 6.43. The molecule has 0 aromatic rings. The third-order valence-electron chi connectivity index (χ3n) is 3.42. The van der Waals surface area contributed by atoms with E-state index < -0.39 is 18.1 Å². The summed E-state index contributed by atoms with van der Waals surface area (Å²) in [5.41, 5.74) is 0. The van der Waals surface area contributed by atoms with Crippen LogP contribution in [0, 0.1) is 5.92 Å². The number of rotatable bonds is 6. The molecule has 0 aromatic heterocycles. The van der Waals surface area contributed by atoms with E-state index in [1.807, 2.05) is 11.9 Å². The highest BCUT2D eigenvalue weighted by atomic mass is 19.4. The van der Waals surface area contributed by atoms with Crippen molar-refractivity contribution in [2.24, 2.45) is 5.92 Å². The van der Waals surface area contributed by atoms with Crippen LogP contribution in [0.15, 0.2) is 0 Å². The summed E-state index contributed by atoms with van der Waals surface area (Å²) in [6, 6.07) is -0.429. The molecule has 1 N–H and O–H groups in total. The normalized spacial score (nSPS) is 25.8. The molecule has 0 bridgehead atoms. The fraction of sp³-hybridized carbons (Fsp3) is 1.00. The number of likely N-dealkylation sites (N-methyl/N-ethyl adjacent to an activating group) is 1. The van der Waals surface area contributed by atoms with Crippen molar-refractivity contribution >= 4 is 0 Å². The smallest absolute Gasteiger partial charge is 0.312 e. The predicted octanol–water partition coefficient (Wildman–Crippen LogP) is 2.65. The van der Waals surface area contributed by atoms with E-state index in [0.29, 0.717) is 13.1 Å². The lowest BCUT2D eigenvalue weighted by Gasteiger charge is -2.26. The molecule has 2 unspecified atom stereocenters. The Balaban J connectivity index is 2.34. The summed E-state index contributed by atoms with van der Waals surface area (Å²) in [5.74, 6) is -1.17. The molecule has 0 amide bonds. The van der Waals surface area contributed by atoms with Crippen molar-refractivity contribution in [2.45, 2.75) is 44.8 Å². The number of unbranched alkanes of at least 4 members (excludes halogenated alkanes) is 2. The second kappa shape index (κ2) is 6.59. The molecule has 1 fully saturated rings. The van der Waals surface area contributed by atoms with Crippen LogP contribution in [-0.2, 0) is 0 Å². The largest absolute Gasteiger partial charge is 0.393 e. The van der Waals surface area contributed by atoms with Crippen LogP contribution in [0.1, 0.15) is 32.6 Å². The third kappa shape index (κ3) is 4.84. The van der Waals surface area contributed by atoms with Crippen molar-refractivity contribution < 1.29 is 13.2 Å². The molecule has 5 heteroatoms. The van der Waals surface area contributed by atoms with Gasteiger partial charge in [-0.25, -0.2) is 0 Å². The third-order valence-corrected chi connectivity index (χ3v) is 3.42. The Kier molecular flexibility index (Phi) is 5.73. The molecular formula is C12H23F3N2. The first-order valence-corrected chi connectivity index (χ1v) is 6.43. The maximum Gasteiger partial charge on any atom is 0.393 e. The van der Waals surface area contributed by atoms with Crippen LogP contribution in [-0.4, -0.2) is 43.8 Å². The summed E-state index contributed by atoms with van der Waals surface area (Å²) in [6.45, 7) is 3.99. The van der Waals surface area contributed by atoms with E-state index in [4.69, 9.17) is 0 Å². The number of hydrogen-bond donors (Lipinski definition) is 1. The van der Waals surface area contributed by atoms with Gasteiger partial charge in [-0.15, -0.1) is 0 Å². The van der Waals surface area contributed by atoms with E-state index in [-0.39, 0.29) is 6.42 Å². The lowest BCUT2D eigenvalue weighted by Crippen LogP contribution is -2.43. The van der Waals surface area contributed by atoms with Crippen molar-refractivity contribution in [2.75, 3.05) is 26.7 Å². The molecule has 2 nitrogen and oxygen atoms in total. The van der Waals surface area contributed by atoms with Crippen LogP contribution in [0.4, 0.5) is 13.2 Å². The molecule has 1 saturated heterocycles. The maximum absolute atomic E-state index is 12.7. The topological polar surface area (TPSA) is 15.3 Å². The summed E-state index contributed by atoms with van der Waals surface area (Å²) >= 11 is 0. The Morgan fingerprint density at radius 1 is 1.29 bits per heavy atom. The molecule has 0 spiro atoms. The number of halogens is 3. The van der Waals surface area contributed by atoms with Crippen LogP contribution in [0.3, 0.4) is 0 Å². The van der Waals surface area contributed by atoms with Gasteiger partial charge in [0.25, 0.3) is 0 Å². The van der Waals surface area contributed by atoms with Crippen molar-refractivity contribution in [3.8, 4) is 0 Å². The van der Waals surface area contributed by atoms with E-state index in [2.05, 4.69) is 12.2 Å². The van der Waals surface area contributed by atoms with Gasteiger partial charge in [0.1, 0.15) is 0 Å². The Bertz CT molecular complexity index is 218. The fourth-order valence-corrected chi connectivity index (χ4v) is 2.41. The second-order valence-corrected chi connectivity index (χ2v) is 4.97. The summed E-state index contributed by atoms with van der Waals surface area (Å²) in [4.78, 5) is 2.01. The minimum atomic E-state index is -4.06. The number of alkyl halides is 3. The zero-order valence-corrected chi connectivity index (χ0v) is 10.7. The Morgan fingerprint density at radius 3 is 2.59 bits per heavy atom. The Morgan fingerprint density at radius 2 is 2.00 bits per heavy atom. The molecule has 2 atom stereocenters. The van der Waals surface area contributed by atoms with Crippen LogP contribution in [0.2, 0.25) is 0 Å². The van der Waals surface area contributed by atoms with Gasteiger partial charge in [0.15, 0.2) is 0 Å². The van der Waals surface area contributed by atoms with E-state index in [0.717, 1.165) is 25.8 Å². The molecule has 1 aliphatic rings. The SMILES string of the molecule is CCCCCN(C)CC1NCCC1C(F)(F)F. The maximum atomic E-state index is 12.7. The van der Waals surface area contributed by atoms with E-state index in [1.54, 1.807) is 0 Å². The zero-order valence-electron chi connectivity index (χ0n) is 10.7. The fourth-order valence-electron chi connectivity index (χ4n) is 2.41. The first kappa shape index (κ1) is 14.8. The molecule has 1 aliphatic heterocycles. The van der Waals surface area contributed by atoms with E-state index in [9.17, 15) is 13.2 Å². The standard InChI is InChI=1S/C12H23F3N2/c1-3-4-5-8-17(2)9-11-10(6-7-16-11)12(13,14)15/h10-11,16H,3-9H2,1-2H3. The molecular weight excluding hydrogens is 229 g/mol. The van der Waals surface area contributed by atoms with Crippen molar-refractivity contribution in [3.05, 3.63) is 0 Å². The van der Waals surface area contributed by atoms with E-state index in [1.165, 1.54) is 0 Å². The van der Waals surface area contributed by atoms with Crippen molar-refractivity contribution in [1.29, 1.82) is 0 Å². The lowest BCUT2D eigenvalue weighted by atomic mass is 10.00. The molecule has 0 aromatic carbocycles. The average molecular weight is 252 g/mol. The quantitative estimate of drug-likeness (QED) is 0.731. The lowest BCUT2D eigenvalue weighted by molar-refractivity contribution is -0.177. The Hall–Kier alpha value is -0.290. The molecule has 0 aliphatic carbocycles. The predicted molar refractivity (Wildman–Crippen MR) is 63.0 cm³/mol. The minimum absolute atomic E-state index is 0.219. The van der Waals surface area contributed by atoms with Crippen molar-refractivity contribution in [3.63, 3.8) is 0 Å². The zero-order chi connectivity index (χ0) is 12.9. The van der Waals surface area contributed by atoms with Gasteiger partial charge in [-0.2, -0.15) is 13.2 Å². The summed E-state index contributed by atoms with van der Waals surface area (Å²) in [7, 11) is 1.91. The summed E-state index contributed by atoms with van der Waals surface area (Å²) in [5, 5.41) is 2.97. The molecule has 0 saturated carbocycles. The molecule has 1 heterocycles. The molecule has 17 heavy (non-hydrogen) atoms. The van der Waals surface area contributed by atoms with Gasteiger partial charge in [-0.05, 0) is 33.0 Å². The van der Waals surface area contributed by atoms with Crippen LogP contribution in [0.25, 0.3) is 0 Å². The highest BCUT2D eigenvalue weighted by molar-refractivity contribution is 4.89. The highest BCUT2D eigenvalue weighted by Crippen LogP contribution is 2.34. The molecule has 1 rings (SSSR count). The van der Waals surface area contributed by atoms with Gasteiger partial charge in [0, 0.05) is 12.6 Å². The molecule has 102 valence electrons. The second-order valence-electron chi connectivity index (χ2n) is 4.97. The van der Waals surface area contributed by atoms with Crippen LogP contribution in [0.5, 0.6) is 0 Å². The first-order chi connectivity index (χ1) is 7.95. The van der Waals surface area contributed by atoms with Gasteiger partial charge < -0.3 is 10.2 Å². The Labute approximate surface area is 102 Å². The van der Waals surface area contributed by atoms with E-state index >= 15 is 0 Å². The van der Waals surface area contributed by atoms with Gasteiger partial charge >= 0.3 is 6.18 Å². The van der Waals surface area contributed by atoms with Gasteiger partial charge in [-0.1, -0.05) is 19.8 Å². The summed E-state index contributed by atoms with van der Waals surface area (Å²) in [6.07, 6.45) is -0.488. The average Bonchev–Trinajstić information content (AvgIpc) is 2.65. The molecule has 0 radical (unpaired) electrons. The van der Waals surface area contributed by atoms with Gasteiger partial charge in [0.2, 0.25) is 0 Å².